The number of nitrogens with one attached hydrogen (secondary N) is 1. The molecule has 0 amide bonds. The van der Waals surface area contributed by atoms with Crippen molar-refractivity contribution in [3.63, 3.8) is 0 Å². The van der Waals surface area contributed by atoms with E-state index in [-0.39, 0.29) is 0 Å². The van der Waals surface area contributed by atoms with Gasteiger partial charge in [-0.15, -0.1) is 0 Å². The Kier molecular flexibility index (Phi) is 5.06. The molecule has 0 unspecified atom stereocenters. The Morgan fingerprint density at radius 3 is 2.70 bits per heavy atom. The van der Waals surface area contributed by atoms with Crippen LogP contribution in [-0.4, -0.2) is 46.2 Å². The minimum atomic E-state index is 0.481. The van der Waals surface area contributed by atoms with Gasteiger partial charge in [-0.05, 0) is 24.3 Å². The van der Waals surface area contributed by atoms with Crippen molar-refractivity contribution in [2.75, 3.05) is 42.3 Å². The van der Waals surface area contributed by atoms with Crippen LogP contribution < -0.4 is 16.0 Å². The van der Waals surface area contributed by atoms with Crippen molar-refractivity contribution in [1.29, 1.82) is 0 Å². The number of nitrogens with zero attached hydrogens (tertiary/aromatic N) is 5. The lowest BCUT2D eigenvalue weighted by Gasteiger charge is -2.27. The fraction of sp³-hybridized carbons (Fsp3) is 0.263. The molecule has 1 aliphatic rings. The normalized spacial score (nSPS) is 14.1. The SMILES string of the molecule is Nc1ccc(-c2cc(NCc3ccccn3)nc(N3CCOCC3)n2)cn1. The molecule has 0 spiro atoms. The van der Waals surface area contributed by atoms with Crippen molar-refractivity contribution in [3.05, 3.63) is 54.5 Å². The van der Waals surface area contributed by atoms with Crippen LogP contribution in [0.5, 0.6) is 0 Å². The number of hydrogen-bond acceptors (Lipinski definition) is 8. The highest BCUT2D eigenvalue weighted by molar-refractivity contribution is 5.64. The summed E-state index contributed by atoms with van der Waals surface area (Å²) in [7, 11) is 0. The van der Waals surface area contributed by atoms with Gasteiger partial charge in [-0.1, -0.05) is 6.07 Å². The molecule has 3 aromatic rings. The molecule has 4 heterocycles. The number of aromatic nitrogens is 4. The fourth-order valence-electron chi connectivity index (χ4n) is 2.82. The van der Waals surface area contributed by atoms with Crippen LogP contribution in [0.4, 0.5) is 17.6 Å². The molecular weight excluding hydrogens is 342 g/mol. The lowest BCUT2D eigenvalue weighted by molar-refractivity contribution is 0.122. The average Bonchev–Trinajstić information content (AvgIpc) is 2.74. The largest absolute Gasteiger partial charge is 0.384 e. The Labute approximate surface area is 157 Å². The van der Waals surface area contributed by atoms with Crippen molar-refractivity contribution in [1.82, 2.24) is 19.9 Å². The summed E-state index contributed by atoms with van der Waals surface area (Å²) >= 11 is 0. The second-order valence-electron chi connectivity index (χ2n) is 6.18. The van der Waals surface area contributed by atoms with Crippen LogP contribution >= 0.6 is 0 Å². The van der Waals surface area contributed by atoms with E-state index in [1.54, 1.807) is 18.5 Å². The van der Waals surface area contributed by atoms with Crippen LogP contribution in [0, 0.1) is 0 Å². The van der Waals surface area contributed by atoms with Gasteiger partial charge in [-0.2, -0.15) is 4.98 Å². The van der Waals surface area contributed by atoms with E-state index in [1.807, 2.05) is 30.3 Å². The van der Waals surface area contributed by atoms with Crippen LogP contribution in [0.1, 0.15) is 5.69 Å². The first kappa shape index (κ1) is 17.2. The van der Waals surface area contributed by atoms with Gasteiger partial charge in [0.1, 0.15) is 11.6 Å². The standard InChI is InChI=1S/C19H21N7O/c20-17-5-4-14(12-22-17)16-11-18(23-13-15-3-1-2-6-21-15)25-19(24-16)26-7-9-27-10-8-26/h1-6,11-12H,7-10,13H2,(H2,20,22)(H,23,24,25). The number of morpholine rings is 1. The van der Waals surface area contributed by atoms with E-state index < -0.39 is 0 Å². The van der Waals surface area contributed by atoms with Crippen molar-refractivity contribution < 1.29 is 4.74 Å². The van der Waals surface area contributed by atoms with Gasteiger partial charge in [0.2, 0.25) is 5.95 Å². The predicted molar refractivity (Wildman–Crippen MR) is 104 cm³/mol. The minimum Gasteiger partial charge on any atom is -0.384 e. The summed E-state index contributed by atoms with van der Waals surface area (Å²) in [5, 5.41) is 3.35. The number of pyridine rings is 2. The lowest BCUT2D eigenvalue weighted by atomic mass is 10.2. The fourth-order valence-corrected chi connectivity index (χ4v) is 2.82. The van der Waals surface area contributed by atoms with Crippen LogP contribution in [0.15, 0.2) is 48.8 Å². The molecule has 27 heavy (non-hydrogen) atoms. The van der Waals surface area contributed by atoms with Crippen molar-refractivity contribution >= 4 is 17.6 Å². The summed E-state index contributed by atoms with van der Waals surface area (Å²) in [6, 6.07) is 11.4. The second-order valence-corrected chi connectivity index (χ2v) is 6.18. The van der Waals surface area contributed by atoms with Gasteiger partial charge in [0, 0.05) is 37.1 Å². The van der Waals surface area contributed by atoms with Crippen LogP contribution in [-0.2, 0) is 11.3 Å². The highest BCUT2D eigenvalue weighted by atomic mass is 16.5. The maximum Gasteiger partial charge on any atom is 0.228 e. The van der Waals surface area contributed by atoms with Gasteiger partial charge in [-0.25, -0.2) is 9.97 Å². The van der Waals surface area contributed by atoms with Gasteiger partial charge in [0.05, 0.1) is 31.1 Å². The first-order valence-electron chi connectivity index (χ1n) is 8.85. The van der Waals surface area contributed by atoms with E-state index in [9.17, 15) is 0 Å². The maximum atomic E-state index is 5.71. The third kappa shape index (κ3) is 4.29. The Morgan fingerprint density at radius 1 is 1.07 bits per heavy atom. The van der Waals surface area contributed by atoms with E-state index >= 15 is 0 Å². The van der Waals surface area contributed by atoms with Gasteiger partial charge in [0.15, 0.2) is 0 Å². The van der Waals surface area contributed by atoms with E-state index in [4.69, 9.17) is 20.4 Å². The molecule has 1 saturated heterocycles. The molecule has 0 atom stereocenters. The molecule has 1 aliphatic heterocycles. The van der Waals surface area contributed by atoms with E-state index in [0.29, 0.717) is 31.5 Å². The average molecular weight is 363 g/mol. The Morgan fingerprint density at radius 2 is 1.96 bits per heavy atom. The molecule has 138 valence electrons. The summed E-state index contributed by atoms with van der Waals surface area (Å²) in [6.45, 7) is 3.47. The maximum absolute atomic E-state index is 5.71. The van der Waals surface area contributed by atoms with Gasteiger partial charge >= 0.3 is 0 Å². The molecule has 0 bridgehead atoms. The molecule has 3 aromatic heterocycles. The number of rotatable bonds is 5. The number of nitrogen functional groups attached to an aromatic ring is 1. The summed E-state index contributed by atoms with van der Waals surface area (Å²) in [4.78, 5) is 20.1. The molecule has 0 saturated carbocycles. The summed E-state index contributed by atoms with van der Waals surface area (Å²) in [6.07, 6.45) is 3.50. The van der Waals surface area contributed by atoms with Crippen LogP contribution in [0.3, 0.4) is 0 Å². The molecule has 1 fully saturated rings. The number of hydrogen-bond donors (Lipinski definition) is 2. The second kappa shape index (κ2) is 7.96. The van der Waals surface area contributed by atoms with E-state index in [2.05, 4.69) is 20.2 Å². The Hall–Kier alpha value is -3.26. The monoisotopic (exact) mass is 363 g/mol. The quantitative estimate of drug-likeness (QED) is 0.709. The molecular formula is C19H21N7O. The third-order valence-corrected chi connectivity index (χ3v) is 4.27. The van der Waals surface area contributed by atoms with Gasteiger partial charge < -0.3 is 20.7 Å². The molecule has 0 aromatic carbocycles. The molecule has 3 N–H and O–H groups in total. The van der Waals surface area contributed by atoms with Gasteiger partial charge in [0.25, 0.3) is 0 Å². The molecule has 8 nitrogen and oxygen atoms in total. The topological polar surface area (TPSA) is 102 Å². The summed E-state index contributed by atoms with van der Waals surface area (Å²) in [5.41, 5.74) is 8.34. The highest BCUT2D eigenvalue weighted by Gasteiger charge is 2.16. The number of anilines is 3. The minimum absolute atomic E-state index is 0.481. The third-order valence-electron chi connectivity index (χ3n) is 4.27. The number of nitrogens with two attached hydrogens (primary N) is 1. The van der Waals surface area contributed by atoms with Crippen molar-refractivity contribution in [3.8, 4) is 11.3 Å². The van der Waals surface area contributed by atoms with Crippen molar-refractivity contribution in [2.24, 2.45) is 0 Å². The highest BCUT2D eigenvalue weighted by Crippen LogP contribution is 2.23. The summed E-state index contributed by atoms with van der Waals surface area (Å²) < 4.78 is 5.44. The molecule has 8 heteroatoms. The Balaban J connectivity index is 1.64. The summed E-state index contributed by atoms with van der Waals surface area (Å²) in [5.74, 6) is 1.90. The first-order valence-corrected chi connectivity index (χ1v) is 8.85. The zero-order valence-corrected chi connectivity index (χ0v) is 14.9. The number of ether oxygens (including phenoxy) is 1. The predicted octanol–water partition coefficient (Wildman–Crippen LogP) is 1.96. The molecule has 0 aliphatic carbocycles. The zero-order chi connectivity index (χ0) is 18.5. The first-order chi connectivity index (χ1) is 13.3. The lowest BCUT2D eigenvalue weighted by Crippen LogP contribution is -2.37. The van der Waals surface area contributed by atoms with Crippen LogP contribution in [0.2, 0.25) is 0 Å². The van der Waals surface area contributed by atoms with Gasteiger partial charge in [-0.3, -0.25) is 4.98 Å². The van der Waals surface area contributed by atoms with Crippen LogP contribution in [0.25, 0.3) is 11.3 Å². The molecule has 0 radical (unpaired) electrons. The van der Waals surface area contributed by atoms with Crippen molar-refractivity contribution in [2.45, 2.75) is 6.54 Å². The van der Waals surface area contributed by atoms with E-state index in [0.717, 1.165) is 35.9 Å². The zero-order valence-electron chi connectivity index (χ0n) is 14.9. The molecule has 4 rings (SSSR count). The smallest absolute Gasteiger partial charge is 0.228 e. The Bertz CT molecular complexity index is 880. The van der Waals surface area contributed by atoms with E-state index in [1.165, 1.54) is 0 Å².